The fourth-order valence-electron chi connectivity index (χ4n) is 4.86. The van der Waals surface area contributed by atoms with Gasteiger partial charge in [-0.05, 0) is 50.2 Å². The number of phenolic OH excluding ortho intramolecular Hbond substituents is 1. The second kappa shape index (κ2) is 13.3. The van der Waals surface area contributed by atoms with Gasteiger partial charge in [0.05, 0.1) is 34.8 Å². The van der Waals surface area contributed by atoms with Crippen molar-refractivity contribution < 1.29 is 27.1 Å². The SMILES string of the molecule is CC.CC=N/C=C1/NC(c2cccc(-c3cc4c(C(=O)NC)c(-c5ccc(F)cc5)oc4cc3N(C)S(C)(=O)=O)c2O)=NC1C. The highest BCUT2D eigenvalue weighted by atomic mass is 32.2. The third-order valence-corrected chi connectivity index (χ3v) is 8.37. The first-order valence-electron chi connectivity index (χ1n) is 14.3. The molecule has 5 rings (SSSR count). The number of phenols is 1. The van der Waals surface area contributed by atoms with Gasteiger partial charge in [-0.2, -0.15) is 0 Å². The van der Waals surface area contributed by atoms with Crippen molar-refractivity contribution in [1.29, 1.82) is 0 Å². The molecule has 0 spiro atoms. The third-order valence-electron chi connectivity index (χ3n) is 7.18. The maximum Gasteiger partial charge on any atom is 0.255 e. The Kier molecular flexibility index (Phi) is 9.77. The molecule has 3 aromatic carbocycles. The molecule has 12 heteroatoms. The summed E-state index contributed by atoms with van der Waals surface area (Å²) in [6.45, 7) is 7.69. The van der Waals surface area contributed by atoms with E-state index in [1.807, 2.05) is 20.8 Å². The zero-order valence-electron chi connectivity index (χ0n) is 26.1. The first-order chi connectivity index (χ1) is 21.4. The number of carbonyl (C=O) groups excluding carboxylic acids is 1. The van der Waals surface area contributed by atoms with Crippen LogP contribution in [0.1, 0.15) is 43.6 Å². The molecule has 45 heavy (non-hydrogen) atoms. The van der Waals surface area contributed by atoms with E-state index in [0.29, 0.717) is 33.5 Å². The molecule has 2 heterocycles. The molecular weight excluding hydrogens is 597 g/mol. The lowest BCUT2D eigenvalue weighted by molar-refractivity contribution is 0.0964. The summed E-state index contributed by atoms with van der Waals surface area (Å²) in [4.78, 5) is 21.9. The normalized spacial score (nSPS) is 15.5. The minimum atomic E-state index is -3.77. The molecule has 1 aliphatic heterocycles. The lowest BCUT2D eigenvalue weighted by Crippen LogP contribution is -2.25. The van der Waals surface area contributed by atoms with E-state index in [9.17, 15) is 22.7 Å². The minimum absolute atomic E-state index is 0.146. The second-order valence-electron chi connectivity index (χ2n) is 9.96. The maximum absolute atomic E-state index is 13.7. The topological polar surface area (TPSA) is 137 Å². The van der Waals surface area contributed by atoms with Gasteiger partial charge in [-0.25, -0.2) is 12.8 Å². The fraction of sp³-hybridized carbons (Fsp3) is 0.242. The van der Waals surface area contributed by atoms with Gasteiger partial charge in [-0.1, -0.05) is 26.0 Å². The molecule has 0 bridgehead atoms. The van der Waals surface area contributed by atoms with E-state index >= 15 is 0 Å². The zero-order valence-corrected chi connectivity index (χ0v) is 27.0. The molecule has 1 aromatic heterocycles. The Morgan fingerprint density at radius 2 is 1.80 bits per heavy atom. The van der Waals surface area contributed by atoms with Crippen molar-refractivity contribution in [2.24, 2.45) is 9.98 Å². The molecule has 0 saturated heterocycles. The Balaban J connectivity index is 0.00000226. The standard InChI is InChI=1S/C31H30FN5O5S.C2H6/c1-6-34-16-24-17(2)35-30(36-24)21-9-7-8-20(28(21)38)22-14-23-26(15-25(22)37(4)43(5,40)41)42-29(27(23)31(39)33-3)18-10-12-19(32)13-11-18;1-2/h6-17,38H,1-5H3,(H,33,39)(H,35,36);1-2H3/b24-16+,34-6?;. The largest absolute Gasteiger partial charge is 0.507 e. The number of furan rings is 1. The summed E-state index contributed by atoms with van der Waals surface area (Å²) in [5.41, 5.74) is 2.84. The van der Waals surface area contributed by atoms with Crippen LogP contribution >= 0.6 is 0 Å². The van der Waals surface area contributed by atoms with Gasteiger partial charge in [0, 0.05) is 54.7 Å². The number of anilines is 1. The molecule has 1 aliphatic rings. The number of aliphatic imine (C=N–C) groups is 2. The van der Waals surface area contributed by atoms with Crippen LogP contribution in [-0.4, -0.2) is 57.9 Å². The van der Waals surface area contributed by atoms with Crippen molar-refractivity contribution in [3.63, 3.8) is 0 Å². The van der Waals surface area contributed by atoms with Gasteiger partial charge in [0.25, 0.3) is 5.91 Å². The van der Waals surface area contributed by atoms with E-state index in [2.05, 4.69) is 20.6 Å². The quantitative estimate of drug-likeness (QED) is 0.212. The Hall–Kier alpha value is -4.97. The summed E-state index contributed by atoms with van der Waals surface area (Å²) in [6, 6.07) is 13.4. The summed E-state index contributed by atoms with van der Waals surface area (Å²) in [6.07, 6.45) is 4.37. The van der Waals surface area contributed by atoms with Gasteiger partial charge >= 0.3 is 0 Å². The number of amides is 1. The first kappa shape index (κ1) is 32.9. The van der Waals surface area contributed by atoms with Crippen LogP contribution in [-0.2, 0) is 10.0 Å². The average Bonchev–Trinajstić information content (AvgIpc) is 3.59. The predicted octanol–water partition coefficient (Wildman–Crippen LogP) is 6.06. The number of hydrogen-bond acceptors (Lipinski definition) is 8. The van der Waals surface area contributed by atoms with Crippen molar-refractivity contribution in [3.8, 4) is 28.2 Å². The van der Waals surface area contributed by atoms with Crippen molar-refractivity contribution in [2.75, 3.05) is 24.7 Å². The van der Waals surface area contributed by atoms with Crippen LogP contribution in [0.15, 0.2) is 80.9 Å². The van der Waals surface area contributed by atoms with Crippen molar-refractivity contribution in [2.45, 2.75) is 33.7 Å². The maximum atomic E-state index is 13.7. The monoisotopic (exact) mass is 633 g/mol. The molecule has 0 aliphatic carbocycles. The van der Waals surface area contributed by atoms with Crippen molar-refractivity contribution in [3.05, 3.63) is 83.4 Å². The van der Waals surface area contributed by atoms with Gasteiger partial charge in [0.1, 0.15) is 28.7 Å². The van der Waals surface area contributed by atoms with Crippen LogP contribution in [0.25, 0.3) is 33.4 Å². The summed E-state index contributed by atoms with van der Waals surface area (Å²) < 4.78 is 46.4. The Morgan fingerprint density at radius 1 is 1.13 bits per heavy atom. The molecular formula is C33H36FN5O5S. The Bertz CT molecular complexity index is 1950. The van der Waals surface area contributed by atoms with Crippen LogP contribution in [0.5, 0.6) is 5.75 Å². The molecule has 1 amide bonds. The number of sulfonamides is 1. The van der Waals surface area contributed by atoms with Crippen LogP contribution in [0.3, 0.4) is 0 Å². The zero-order chi connectivity index (χ0) is 33.1. The summed E-state index contributed by atoms with van der Waals surface area (Å²) in [7, 11) is -0.903. The van der Waals surface area contributed by atoms with E-state index < -0.39 is 21.7 Å². The number of aromatic hydroxyl groups is 1. The number of rotatable bonds is 7. The predicted molar refractivity (Wildman–Crippen MR) is 178 cm³/mol. The number of halogens is 1. The van der Waals surface area contributed by atoms with Crippen LogP contribution in [0.2, 0.25) is 0 Å². The van der Waals surface area contributed by atoms with Gasteiger partial charge in [-0.3, -0.25) is 19.1 Å². The van der Waals surface area contributed by atoms with Crippen LogP contribution in [0, 0.1) is 5.82 Å². The van der Waals surface area contributed by atoms with E-state index in [1.54, 1.807) is 43.6 Å². The number of nitrogens with one attached hydrogen (secondary N) is 2. The second-order valence-corrected chi connectivity index (χ2v) is 12.0. The summed E-state index contributed by atoms with van der Waals surface area (Å²) in [5.74, 6) is -0.444. The summed E-state index contributed by atoms with van der Waals surface area (Å²) in [5, 5.41) is 17.8. The van der Waals surface area contributed by atoms with E-state index in [0.717, 1.165) is 16.3 Å². The van der Waals surface area contributed by atoms with Gasteiger partial charge < -0.3 is 20.2 Å². The number of para-hydroxylation sites is 1. The first-order valence-corrected chi connectivity index (χ1v) is 16.2. The molecule has 10 nitrogen and oxygen atoms in total. The average molecular weight is 634 g/mol. The van der Waals surface area contributed by atoms with Crippen molar-refractivity contribution in [1.82, 2.24) is 10.6 Å². The molecule has 0 saturated carbocycles. The number of hydrogen-bond donors (Lipinski definition) is 3. The molecule has 1 unspecified atom stereocenters. The van der Waals surface area contributed by atoms with Gasteiger partial charge in [-0.15, -0.1) is 0 Å². The number of carbonyl (C=O) groups is 1. The van der Waals surface area contributed by atoms with Crippen LogP contribution in [0.4, 0.5) is 10.1 Å². The molecule has 1 atom stereocenters. The highest BCUT2D eigenvalue weighted by Crippen LogP contribution is 2.44. The Morgan fingerprint density at radius 3 is 2.42 bits per heavy atom. The molecule has 0 fully saturated rings. The molecule has 0 radical (unpaired) electrons. The third kappa shape index (κ3) is 6.46. The lowest BCUT2D eigenvalue weighted by atomic mass is 9.96. The van der Waals surface area contributed by atoms with Crippen molar-refractivity contribution >= 4 is 44.6 Å². The van der Waals surface area contributed by atoms with E-state index in [1.165, 1.54) is 44.4 Å². The molecule has 4 aromatic rings. The minimum Gasteiger partial charge on any atom is -0.507 e. The highest BCUT2D eigenvalue weighted by Gasteiger charge is 2.28. The smallest absolute Gasteiger partial charge is 0.255 e. The van der Waals surface area contributed by atoms with E-state index in [-0.39, 0.29) is 34.4 Å². The highest BCUT2D eigenvalue weighted by molar-refractivity contribution is 7.92. The number of fused-ring (bicyclic) bond motifs is 1. The van der Waals surface area contributed by atoms with Crippen LogP contribution < -0.4 is 14.9 Å². The molecule has 236 valence electrons. The number of amidine groups is 1. The van der Waals surface area contributed by atoms with Gasteiger partial charge in [0.2, 0.25) is 10.0 Å². The lowest BCUT2D eigenvalue weighted by Gasteiger charge is -2.21. The Labute approximate surface area is 262 Å². The van der Waals surface area contributed by atoms with Gasteiger partial charge in [0.15, 0.2) is 0 Å². The fourth-order valence-corrected chi connectivity index (χ4v) is 5.37. The number of nitrogens with zero attached hydrogens (tertiary/aromatic N) is 3. The van der Waals surface area contributed by atoms with E-state index in [4.69, 9.17) is 4.42 Å². The summed E-state index contributed by atoms with van der Waals surface area (Å²) >= 11 is 0. The number of benzene rings is 3. The molecule has 3 N–H and O–H groups in total.